The third kappa shape index (κ3) is 3.18. The Balaban J connectivity index is 2.58. The molecule has 1 aromatic rings. The highest BCUT2D eigenvalue weighted by Gasteiger charge is 2.09. The van der Waals surface area contributed by atoms with Crippen LogP contribution in [0.15, 0.2) is 16.5 Å². The van der Waals surface area contributed by atoms with Crippen molar-refractivity contribution in [2.24, 2.45) is 0 Å². The second kappa shape index (κ2) is 5.20. The Labute approximate surface area is 86.9 Å². The fourth-order valence-electron chi connectivity index (χ4n) is 1.63. The second-order valence-electron chi connectivity index (χ2n) is 4.23. The molecule has 0 amide bonds. The molecule has 80 valence electrons. The van der Waals surface area contributed by atoms with Gasteiger partial charge in [0, 0.05) is 5.92 Å². The molecule has 0 aliphatic heterocycles. The molecule has 1 unspecified atom stereocenters. The molecule has 0 saturated heterocycles. The zero-order valence-corrected chi connectivity index (χ0v) is 9.71. The first-order valence-corrected chi connectivity index (χ1v) is 5.36. The molecule has 1 rings (SSSR count). The first kappa shape index (κ1) is 11.3. The number of hydrogen-bond acceptors (Lipinski definition) is 2. The summed E-state index contributed by atoms with van der Waals surface area (Å²) in [5.41, 5.74) is 0. The molecule has 0 fully saturated rings. The van der Waals surface area contributed by atoms with E-state index in [0.717, 1.165) is 18.1 Å². The summed E-state index contributed by atoms with van der Waals surface area (Å²) < 4.78 is 5.77. The van der Waals surface area contributed by atoms with Crippen LogP contribution in [0.2, 0.25) is 0 Å². The largest absolute Gasteiger partial charge is 0.464 e. The van der Waals surface area contributed by atoms with Crippen molar-refractivity contribution in [3.63, 3.8) is 0 Å². The van der Waals surface area contributed by atoms with Crippen molar-refractivity contribution < 1.29 is 4.42 Å². The van der Waals surface area contributed by atoms with E-state index in [4.69, 9.17) is 4.42 Å². The molecule has 0 spiro atoms. The minimum atomic E-state index is 0.552. The lowest BCUT2D eigenvalue weighted by atomic mass is 10.0. The molecule has 2 heteroatoms. The van der Waals surface area contributed by atoms with E-state index < -0.39 is 0 Å². The van der Waals surface area contributed by atoms with Gasteiger partial charge in [0.2, 0.25) is 0 Å². The quantitative estimate of drug-likeness (QED) is 0.717. The van der Waals surface area contributed by atoms with Crippen LogP contribution < -0.4 is 0 Å². The summed E-state index contributed by atoms with van der Waals surface area (Å²) in [5.74, 6) is 2.74. The summed E-state index contributed by atoms with van der Waals surface area (Å²) in [6, 6.07) is 4.20. The second-order valence-corrected chi connectivity index (χ2v) is 4.23. The van der Waals surface area contributed by atoms with Crippen molar-refractivity contribution in [3.8, 4) is 0 Å². The van der Waals surface area contributed by atoms with Crippen molar-refractivity contribution in [1.29, 1.82) is 0 Å². The van der Waals surface area contributed by atoms with E-state index in [1.165, 1.54) is 12.8 Å². The minimum absolute atomic E-state index is 0.552. The Morgan fingerprint density at radius 2 is 2.07 bits per heavy atom. The SMILES string of the molecule is CCCC(C)c1ccc(CN(C)C)o1. The van der Waals surface area contributed by atoms with Crippen LogP contribution in [-0.2, 0) is 6.54 Å². The van der Waals surface area contributed by atoms with Gasteiger partial charge in [-0.2, -0.15) is 0 Å². The molecule has 0 aromatic carbocycles. The van der Waals surface area contributed by atoms with Crippen molar-refractivity contribution in [2.75, 3.05) is 14.1 Å². The fourth-order valence-corrected chi connectivity index (χ4v) is 1.63. The van der Waals surface area contributed by atoms with Gasteiger partial charge in [-0.05, 0) is 32.6 Å². The van der Waals surface area contributed by atoms with Crippen LogP contribution in [0.5, 0.6) is 0 Å². The molecular formula is C12H21NO. The van der Waals surface area contributed by atoms with Gasteiger partial charge in [0.1, 0.15) is 11.5 Å². The molecule has 0 radical (unpaired) electrons. The van der Waals surface area contributed by atoms with Crippen LogP contribution in [0.1, 0.15) is 44.1 Å². The summed E-state index contributed by atoms with van der Waals surface area (Å²) in [4.78, 5) is 2.12. The first-order chi connectivity index (χ1) is 6.63. The van der Waals surface area contributed by atoms with E-state index in [1.54, 1.807) is 0 Å². The molecule has 1 atom stereocenters. The van der Waals surface area contributed by atoms with E-state index >= 15 is 0 Å². The summed E-state index contributed by atoms with van der Waals surface area (Å²) in [6.45, 7) is 5.32. The maximum absolute atomic E-state index is 5.77. The molecule has 14 heavy (non-hydrogen) atoms. The Morgan fingerprint density at radius 3 is 2.64 bits per heavy atom. The summed E-state index contributed by atoms with van der Waals surface area (Å²) in [7, 11) is 4.11. The van der Waals surface area contributed by atoms with Gasteiger partial charge in [-0.15, -0.1) is 0 Å². The molecule has 1 aromatic heterocycles. The Kier molecular flexibility index (Phi) is 4.21. The number of nitrogens with zero attached hydrogens (tertiary/aromatic N) is 1. The van der Waals surface area contributed by atoms with Gasteiger partial charge in [-0.25, -0.2) is 0 Å². The lowest BCUT2D eigenvalue weighted by Crippen LogP contribution is -2.09. The summed E-state index contributed by atoms with van der Waals surface area (Å²) >= 11 is 0. The highest BCUT2D eigenvalue weighted by molar-refractivity contribution is 5.10. The lowest BCUT2D eigenvalue weighted by Gasteiger charge is -2.08. The van der Waals surface area contributed by atoms with E-state index in [2.05, 4.69) is 45.0 Å². The van der Waals surface area contributed by atoms with Crippen LogP contribution in [0, 0.1) is 0 Å². The molecule has 1 heterocycles. The highest BCUT2D eigenvalue weighted by Crippen LogP contribution is 2.22. The highest BCUT2D eigenvalue weighted by atomic mass is 16.3. The fraction of sp³-hybridized carbons (Fsp3) is 0.667. The zero-order valence-electron chi connectivity index (χ0n) is 9.71. The predicted octanol–water partition coefficient (Wildman–Crippen LogP) is 3.24. The molecule has 0 bridgehead atoms. The standard InChI is InChI=1S/C12H21NO/c1-5-6-10(2)12-8-7-11(14-12)9-13(3)4/h7-8,10H,5-6,9H2,1-4H3. The molecule has 0 N–H and O–H groups in total. The number of rotatable bonds is 5. The van der Waals surface area contributed by atoms with Crippen molar-refractivity contribution in [1.82, 2.24) is 4.90 Å². The van der Waals surface area contributed by atoms with Gasteiger partial charge >= 0.3 is 0 Å². The van der Waals surface area contributed by atoms with Gasteiger partial charge in [-0.1, -0.05) is 20.3 Å². The van der Waals surface area contributed by atoms with Crippen molar-refractivity contribution in [3.05, 3.63) is 23.7 Å². The number of furan rings is 1. The maximum Gasteiger partial charge on any atom is 0.118 e. The summed E-state index contributed by atoms with van der Waals surface area (Å²) in [6.07, 6.45) is 2.42. The molecular weight excluding hydrogens is 174 g/mol. The van der Waals surface area contributed by atoms with Crippen LogP contribution >= 0.6 is 0 Å². The molecule has 0 aliphatic carbocycles. The molecule has 0 aliphatic rings. The molecule has 0 saturated carbocycles. The van der Waals surface area contributed by atoms with Gasteiger partial charge < -0.3 is 9.32 Å². The zero-order chi connectivity index (χ0) is 10.6. The monoisotopic (exact) mass is 195 g/mol. The van der Waals surface area contributed by atoms with Gasteiger partial charge in [0.15, 0.2) is 0 Å². The third-order valence-electron chi connectivity index (χ3n) is 2.36. The van der Waals surface area contributed by atoms with Crippen LogP contribution in [0.3, 0.4) is 0 Å². The van der Waals surface area contributed by atoms with Crippen LogP contribution in [0.25, 0.3) is 0 Å². The smallest absolute Gasteiger partial charge is 0.118 e. The van der Waals surface area contributed by atoms with Gasteiger partial charge in [0.25, 0.3) is 0 Å². The average Bonchev–Trinajstić information content (AvgIpc) is 2.52. The lowest BCUT2D eigenvalue weighted by molar-refractivity contribution is 0.334. The van der Waals surface area contributed by atoms with E-state index in [9.17, 15) is 0 Å². The van der Waals surface area contributed by atoms with Crippen molar-refractivity contribution in [2.45, 2.75) is 39.2 Å². The van der Waals surface area contributed by atoms with Crippen molar-refractivity contribution >= 4 is 0 Å². The predicted molar refractivity (Wildman–Crippen MR) is 59.4 cm³/mol. The first-order valence-electron chi connectivity index (χ1n) is 5.36. The van der Waals surface area contributed by atoms with Crippen LogP contribution in [0.4, 0.5) is 0 Å². The third-order valence-corrected chi connectivity index (χ3v) is 2.36. The van der Waals surface area contributed by atoms with Crippen LogP contribution in [-0.4, -0.2) is 19.0 Å². The Morgan fingerprint density at radius 1 is 1.36 bits per heavy atom. The number of hydrogen-bond donors (Lipinski definition) is 0. The van der Waals surface area contributed by atoms with E-state index in [0.29, 0.717) is 5.92 Å². The molecule has 2 nitrogen and oxygen atoms in total. The minimum Gasteiger partial charge on any atom is -0.464 e. The topological polar surface area (TPSA) is 16.4 Å². The maximum atomic E-state index is 5.77. The Bertz CT molecular complexity index is 265. The summed E-state index contributed by atoms with van der Waals surface area (Å²) in [5, 5.41) is 0. The van der Waals surface area contributed by atoms with Gasteiger partial charge in [0.05, 0.1) is 6.54 Å². The van der Waals surface area contributed by atoms with E-state index in [-0.39, 0.29) is 0 Å². The Hall–Kier alpha value is -0.760. The van der Waals surface area contributed by atoms with E-state index in [1.807, 2.05) is 0 Å². The average molecular weight is 195 g/mol. The van der Waals surface area contributed by atoms with Gasteiger partial charge in [-0.3, -0.25) is 0 Å². The normalized spacial score (nSPS) is 13.5.